The number of hydrogen-bond acceptors (Lipinski definition) is 6. The molecule has 0 aliphatic rings. The standard InChI is InChI=1S/C20H19Cl2FN2O4/c1-11-6-5-7-14(19(25-28-4)20(26)27-3)16(11)10-29-24-12(2)15-8-13(21)9-17(22)18(15)23/h5-9H,10H2,1-4H3/b24-12+,25-19+. The minimum absolute atomic E-state index is 0.00497. The first-order valence-corrected chi connectivity index (χ1v) is 9.15. The molecule has 0 aliphatic heterocycles. The summed E-state index contributed by atoms with van der Waals surface area (Å²) in [5.74, 6) is -1.30. The van der Waals surface area contributed by atoms with Crippen molar-refractivity contribution < 1.29 is 23.6 Å². The Kier molecular flexibility index (Phi) is 7.99. The molecule has 0 bridgehead atoms. The maximum Gasteiger partial charge on any atom is 0.360 e. The van der Waals surface area contributed by atoms with E-state index in [4.69, 9.17) is 37.6 Å². The number of hydrogen-bond donors (Lipinski definition) is 0. The van der Waals surface area contributed by atoms with E-state index in [0.717, 1.165) is 5.56 Å². The summed E-state index contributed by atoms with van der Waals surface area (Å²) in [4.78, 5) is 22.3. The normalized spacial score (nSPS) is 12.0. The van der Waals surface area contributed by atoms with Crippen LogP contribution >= 0.6 is 23.2 Å². The first-order valence-electron chi connectivity index (χ1n) is 8.39. The van der Waals surface area contributed by atoms with Crippen LogP contribution in [0.3, 0.4) is 0 Å². The van der Waals surface area contributed by atoms with Gasteiger partial charge in [0.05, 0.1) is 17.8 Å². The summed E-state index contributed by atoms with van der Waals surface area (Å²) in [6, 6.07) is 8.01. The monoisotopic (exact) mass is 440 g/mol. The number of aryl methyl sites for hydroxylation is 1. The molecule has 0 saturated carbocycles. The molecule has 0 atom stereocenters. The zero-order valence-electron chi connectivity index (χ0n) is 16.3. The number of carbonyl (C=O) groups is 1. The first kappa shape index (κ1) is 22.6. The van der Waals surface area contributed by atoms with E-state index in [1.54, 1.807) is 19.1 Å². The van der Waals surface area contributed by atoms with E-state index in [0.29, 0.717) is 11.1 Å². The fraction of sp³-hybridized carbons (Fsp3) is 0.250. The Labute approximate surface area is 177 Å². The lowest BCUT2D eigenvalue weighted by Crippen LogP contribution is -2.20. The van der Waals surface area contributed by atoms with Gasteiger partial charge in [-0.05, 0) is 31.5 Å². The lowest BCUT2D eigenvalue weighted by Gasteiger charge is -2.12. The molecule has 0 aliphatic carbocycles. The Morgan fingerprint density at radius 2 is 1.86 bits per heavy atom. The summed E-state index contributed by atoms with van der Waals surface area (Å²) in [5, 5.41) is 7.89. The number of rotatable bonds is 7. The van der Waals surface area contributed by atoms with Crippen molar-refractivity contribution in [3.63, 3.8) is 0 Å². The highest BCUT2D eigenvalue weighted by molar-refractivity contribution is 6.43. The highest BCUT2D eigenvalue weighted by atomic mass is 35.5. The molecule has 29 heavy (non-hydrogen) atoms. The summed E-state index contributed by atoms with van der Waals surface area (Å²) in [7, 11) is 2.57. The van der Waals surface area contributed by atoms with Crippen LogP contribution in [0.5, 0.6) is 0 Å². The molecular weight excluding hydrogens is 422 g/mol. The lowest BCUT2D eigenvalue weighted by molar-refractivity contribution is -0.132. The first-order chi connectivity index (χ1) is 13.8. The number of oxime groups is 2. The summed E-state index contributed by atoms with van der Waals surface area (Å²) in [6.07, 6.45) is 0. The quantitative estimate of drug-likeness (QED) is 0.265. The largest absolute Gasteiger partial charge is 0.464 e. The summed E-state index contributed by atoms with van der Waals surface area (Å²) in [6.45, 7) is 3.40. The van der Waals surface area contributed by atoms with Gasteiger partial charge in [0.15, 0.2) is 11.5 Å². The van der Waals surface area contributed by atoms with Gasteiger partial charge < -0.3 is 14.4 Å². The van der Waals surface area contributed by atoms with E-state index in [1.165, 1.54) is 26.4 Å². The molecule has 2 aromatic rings. The van der Waals surface area contributed by atoms with Crippen LogP contribution in [-0.2, 0) is 25.8 Å². The zero-order chi connectivity index (χ0) is 21.6. The van der Waals surface area contributed by atoms with E-state index >= 15 is 0 Å². The molecule has 0 amide bonds. The predicted octanol–water partition coefficient (Wildman–Crippen LogP) is 4.91. The SMILES string of the molecule is CO/N=C(/C(=O)OC)c1cccc(C)c1CO/N=C(\C)c1cc(Cl)cc(Cl)c1F. The summed E-state index contributed by atoms with van der Waals surface area (Å²) >= 11 is 11.7. The molecule has 9 heteroatoms. The second-order valence-electron chi connectivity index (χ2n) is 5.91. The molecule has 0 aromatic heterocycles. The number of nitrogens with zero attached hydrogens (tertiary/aromatic N) is 2. The molecule has 2 aromatic carbocycles. The van der Waals surface area contributed by atoms with Gasteiger partial charge in [-0.25, -0.2) is 9.18 Å². The Hall–Kier alpha value is -2.64. The van der Waals surface area contributed by atoms with Crippen LogP contribution in [0.15, 0.2) is 40.6 Å². The molecule has 0 N–H and O–H groups in total. The van der Waals surface area contributed by atoms with Crippen molar-refractivity contribution in [2.24, 2.45) is 10.3 Å². The van der Waals surface area contributed by atoms with Crippen LogP contribution < -0.4 is 0 Å². The maximum absolute atomic E-state index is 14.2. The van der Waals surface area contributed by atoms with Crippen molar-refractivity contribution in [2.45, 2.75) is 20.5 Å². The van der Waals surface area contributed by atoms with Crippen molar-refractivity contribution in [1.29, 1.82) is 0 Å². The van der Waals surface area contributed by atoms with Gasteiger partial charge in [-0.3, -0.25) is 0 Å². The molecule has 6 nitrogen and oxygen atoms in total. The minimum atomic E-state index is -0.658. The van der Waals surface area contributed by atoms with Crippen molar-refractivity contribution in [3.05, 3.63) is 68.4 Å². The average molecular weight is 441 g/mol. The molecule has 0 fully saturated rings. The fourth-order valence-electron chi connectivity index (χ4n) is 2.56. The number of benzene rings is 2. The van der Waals surface area contributed by atoms with Gasteiger partial charge in [0.25, 0.3) is 0 Å². The minimum Gasteiger partial charge on any atom is -0.464 e. The number of methoxy groups -OCH3 is 1. The van der Waals surface area contributed by atoms with Gasteiger partial charge in [0.1, 0.15) is 13.7 Å². The molecule has 0 spiro atoms. The average Bonchev–Trinajstić information content (AvgIpc) is 2.69. The van der Waals surface area contributed by atoms with Crippen LogP contribution in [0.25, 0.3) is 0 Å². The van der Waals surface area contributed by atoms with E-state index in [1.807, 2.05) is 13.0 Å². The fourth-order valence-corrected chi connectivity index (χ4v) is 3.06. The Morgan fingerprint density at radius 3 is 2.52 bits per heavy atom. The highest BCUT2D eigenvalue weighted by Crippen LogP contribution is 2.25. The Morgan fingerprint density at radius 1 is 1.14 bits per heavy atom. The lowest BCUT2D eigenvalue weighted by atomic mass is 9.99. The van der Waals surface area contributed by atoms with Gasteiger partial charge in [0, 0.05) is 21.7 Å². The molecule has 154 valence electrons. The topological polar surface area (TPSA) is 69.5 Å². The number of halogens is 3. The number of esters is 1. The van der Waals surface area contributed by atoms with Crippen LogP contribution in [0, 0.1) is 12.7 Å². The zero-order valence-corrected chi connectivity index (χ0v) is 17.8. The number of ether oxygens (including phenoxy) is 1. The van der Waals surface area contributed by atoms with Gasteiger partial charge in [0.2, 0.25) is 0 Å². The van der Waals surface area contributed by atoms with Crippen LogP contribution in [0.1, 0.15) is 29.2 Å². The predicted molar refractivity (Wildman–Crippen MR) is 110 cm³/mol. The van der Waals surface area contributed by atoms with Crippen molar-refractivity contribution in [3.8, 4) is 0 Å². The van der Waals surface area contributed by atoms with Crippen LogP contribution in [0.2, 0.25) is 10.0 Å². The second-order valence-corrected chi connectivity index (χ2v) is 6.76. The molecule has 0 unspecified atom stereocenters. The summed E-state index contributed by atoms with van der Waals surface area (Å²) in [5.41, 5.74) is 2.33. The van der Waals surface area contributed by atoms with E-state index < -0.39 is 11.8 Å². The summed E-state index contributed by atoms with van der Waals surface area (Å²) < 4.78 is 19.0. The molecule has 0 heterocycles. The van der Waals surface area contributed by atoms with Crippen LogP contribution in [-0.4, -0.2) is 31.6 Å². The highest BCUT2D eigenvalue weighted by Gasteiger charge is 2.21. The van der Waals surface area contributed by atoms with Gasteiger partial charge in [-0.15, -0.1) is 0 Å². The Balaban J connectivity index is 2.33. The third-order valence-electron chi connectivity index (χ3n) is 4.02. The van der Waals surface area contributed by atoms with Gasteiger partial charge in [-0.2, -0.15) is 0 Å². The van der Waals surface area contributed by atoms with Gasteiger partial charge >= 0.3 is 5.97 Å². The van der Waals surface area contributed by atoms with E-state index in [9.17, 15) is 9.18 Å². The van der Waals surface area contributed by atoms with Crippen molar-refractivity contribution in [1.82, 2.24) is 0 Å². The van der Waals surface area contributed by atoms with E-state index in [-0.39, 0.29) is 33.6 Å². The van der Waals surface area contributed by atoms with Crippen molar-refractivity contribution in [2.75, 3.05) is 14.2 Å². The third kappa shape index (κ3) is 5.46. The molecule has 0 saturated heterocycles. The maximum atomic E-state index is 14.2. The molecule has 0 radical (unpaired) electrons. The van der Waals surface area contributed by atoms with Gasteiger partial charge in [-0.1, -0.05) is 51.7 Å². The Bertz CT molecular complexity index is 977. The molecule has 2 rings (SSSR count). The van der Waals surface area contributed by atoms with E-state index in [2.05, 4.69) is 10.3 Å². The smallest absolute Gasteiger partial charge is 0.360 e. The second kappa shape index (κ2) is 10.2. The molecular formula is C20H19Cl2FN2O4. The van der Waals surface area contributed by atoms with Crippen LogP contribution in [0.4, 0.5) is 4.39 Å². The van der Waals surface area contributed by atoms with Crippen molar-refractivity contribution >= 4 is 40.6 Å². The third-order valence-corrected chi connectivity index (χ3v) is 4.51. The number of carbonyl (C=O) groups excluding carboxylic acids is 1.